The van der Waals surface area contributed by atoms with E-state index in [2.05, 4.69) is 5.32 Å². The number of nitrogens with one attached hydrogen (secondary N) is 1. The van der Waals surface area contributed by atoms with Crippen LogP contribution in [0.25, 0.3) is 0 Å². The van der Waals surface area contributed by atoms with E-state index in [1.807, 2.05) is 30.3 Å². The second-order valence-corrected chi connectivity index (χ2v) is 5.09. The molecule has 1 heterocycles. The Morgan fingerprint density at radius 2 is 2.00 bits per heavy atom. The number of rotatable bonds is 3. The van der Waals surface area contributed by atoms with E-state index in [4.69, 9.17) is 4.74 Å². The molecule has 0 bridgehead atoms. The van der Waals surface area contributed by atoms with Crippen molar-refractivity contribution in [1.82, 2.24) is 0 Å². The van der Waals surface area contributed by atoms with Crippen molar-refractivity contribution in [3.8, 4) is 0 Å². The zero-order chi connectivity index (χ0) is 12.5. The van der Waals surface area contributed by atoms with Crippen molar-refractivity contribution >= 4 is 11.6 Å². The molecule has 96 valence electrons. The third kappa shape index (κ3) is 1.82. The molecule has 2 N–H and O–H groups in total. The number of ether oxygens (including phenoxy) is 1. The fourth-order valence-electron chi connectivity index (χ4n) is 3.22. The van der Waals surface area contributed by atoms with Gasteiger partial charge in [0.05, 0.1) is 13.2 Å². The van der Waals surface area contributed by atoms with Gasteiger partial charge >= 0.3 is 0 Å². The van der Waals surface area contributed by atoms with E-state index >= 15 is 0 Å². The Morgan fingerprint density at radius 3 is 2.72 bits per heavy atom. The second-order valence-electron chi connectivity index (χ2n) is 5.09. The molecule has 2 aliphatic rings. The quantitative estimate of drug-likeness (QED) is 0.841. The lowest BCUT2D eigenvalue weighted by Crippen LogP contribution is -2.53. The summed E-state index contributed by atoms with van der Waals surface area (Å²) in [6, 6.07) is 9.43. The van der Waals surface area contributed by atoms with Crippen molar-refractivity contribution in [2.45, 2.75) is 0 Å². The van der Waals surface area contributed by atoms with Crippen LogP contribution in [0.5, 0.6) is 0 Å². The maximum absolute atomic E-state index is 12.2. The van der Waals surface area contributed by atoms with Crippen LogP contribution in [0.2, 0.25) is 0 Å². The van der Waals surface area contributed by atoms with Crippen molar-refractivity contribution in [1.29, 1.82) is 0 Å². The smallest absolute Gasteiger partial charge is 0.228 e. The highest BCUT2D eigenvalue weighted by Gasteiger charge is 2.55. The Labute approximate surface area is 106 Å². The van der Waals surface area contributed by atoms with Crippen LogP contribution in [0, 0.1) is 23.7 Å². The highest BCUT2D eigenvalue weighted by atomic mass is 16.5. The summed E-state index contributed by atoms with van der Waals surface area (Å²) in [5.41, 5.74) is 0.807. The van der Waals surface area contributed by atoms with Crippen molar-refractivity contribution in [3.05, 3.63) is 30.3 Å². The van der Waals surface area contributed by atoms with Crippen molar-refractivity contribution in [2.24, 2.45) is 23.7 Å². The molecule has 18 heavy (non-hydrogen) atoms. The van der Waals surface area contributed by atoms with Gasteiger partial charge in [0.15, 0.2) is 0 Å². The summed E-state index contributed by atoms with van der Waals surface area (Å²) in [7, 11) is 0. The molecule has 1 aromatic rings. The van der Waals surface area contributed by atoms with E-state index in [1.165, 1.54) is 0 Å². The molecule has 2 fully saturated rings. The second kappa shape index (κ2) is 4.71. The van der Waals surface area contributed by atoms with E-state index < -0.39 is 0 Å². The van der Waals surface area contributed by atoms with Gasteiger partial charge in [0, 0.05) is 18.2 Å². The number of carbonyl (C=O) groups excluding carboxylic acids is 1. The molecule has 1 aliphatic heterocycles. The molecular weight excluding hydrogens is 230 g/mol. The van der Waals surface area contributed by atoms with Gasteiger partial charge in [0.2, 0.25) is 5.91 Å². The molecule has 1 aliphatic carbocycles. The lowest BCUT2D eigenvalue weighted by atomic mass is 9.58. The molecule has 3 rings (SSSR count). The zero-order valence-corrected chi connectivity index (χ0v) is 10.1. The Bertz CT molecular complexity index is 434. The number of hydrogen-bond acceptors (Lipinski definition) is 3. The number of amides is 1. The first-order chi connectivity index (χ1) is 8.81. The maximum Gasteiger partial charge on any atom is 0.228 e. The minimum Gasteiger partial charge on any atom is -0.396 e. The van der Waals surface area contributed by atoms with Crippen LogP contribution in [0.3, 0.4) is 0 Å². The van der Waals surface area contributed by atoms with Gasteiger partial charge in [-0.15, -0.1) is 0 Å². The Hall–Kier alpha value is -1.39. The van der Waals surface area contributed by atoms with E-state index in [0.29, 0.717) is 19.1 Å². The highest BCUT2D eigenvalue weighted by molar-refractivity contribution is 5.93. The molecule has 1 saturated carbocycles. The molecule has 1 amide bonds. The van der Waals surface area contributed by atoms with E-state index in [-0.39, 0.29) is 30.3 Å². The Morgan fingerprint density at radius 1 is 1.28 bits per heavy atom. The number of para-hydroxylation sites is 1. The third-order valence-electron chi connectivity index (χ3n) is 4.20. The number of aliphatic hydroxyl groups excluding tert-OH is 1. The van der Waals surface area contributed by atoms with Crippen LogP contribution in [0.1, 0.15) is 0 Å². The summed E-state index contributed by atoms with van der Waals surface area (Å²) in [6.45, 7) is 1.40. The highest BCUT2D eigenvalue weighted by Crippen LogP contribution is 2.49. The lowest BCUT2D eigenvalue weighted by Gasteiger charge is -2.45. The summed E-state index contributed by atoms with van der Waals surface area (Å²) in [6.07, 6.45) is 0. The lowest BCUT2D eigenvalue weighted by molar-refractivity contribution is -0.134. The van der Waals surface area contributed by atoms with Gasteiger partial charge in [0.1, 0.15) is 0 Å². The topological polar surface area (TPSA) is 58.6 Å². The molecule has 4 atom stereocenters. The number of fused-ring (bicyclic) bond motifs is 1. The van der Waals surface area contributed by atoms with Gasteiger partial charge in [-0.2, -0.15) is 0 Å². The molecule has 4 heteroatoms. The van der Waals surface area contributed by atoms with Gasteiger partial charge < -0.3 is 15.2 Å². The van der Waals surface area contributed by atoms with Crippen LogP contribution in [-0.2, 0) is 9.53 Å². The predicted molar refractivity (Wildman–Crippen MR) is 66.9 cm³/mol. The van der Waals surface area contributed by atoms with Gasteiger partial charge in [-0.1, -0.05) is 18.2 Å². The normalized spacial score (nSPS) is 33.6. The molecule has 1 saturated heterocycles. The predicted octanol–water partition coefficient (Wildman–Crippen LogP) is 1.13. The summed E-state index contributed by atoms with van der Waals surface area (Å²) >= 11 is 0. The van der Waals surface area contributed by atoms with Gasteiger partial charge in [-0.3, -0.25) is 4.79 Å². The number of carbonyl (C=O) groups is 1. The molecule has 0 unspecified atom stereocenters. The van der Waals surface area contributed by atoms with E-state index in [1.54, 1.807) is 0 Å². The minimum atomic E-state index is -0.109. The molecule has 0 radical (unpaired) electrons. The average molecular weight is 247 g/mol. The number of aliphatic hydroxyl groups is 1. The molecular formula is C14H17NO3. The van der Waals surface area contributed by atoms with Crippen molar-refractivity contribution in [3.63, 3.8) is 0 Å². The van der Waals surface area contributed by atoms with Gasteiger partial charge in [-0.05, 0) is 29.9 Å². The maximum atomic E-state index is 12.2. The zero-order valence-electron chi connectivity index (χ0n) is 10.1. The molecule has 0 spiro atoms. The first-order valence-electron chi connectivity index (χ1n) is 6.36. The molecule has 0 aromatic heterocycles. The summed E-state index contributed by atoms with van der Waals surface area (Å²) in [4.78, 5) is 12.2. The van der Waals surface area contributed by atoms with Crippen LogP contribution in [0.4, 0.5) is 5.69 Å². The van der Waals surface area contributed by atoms with E-state index in [0.717, 1.165) is 5.69 Å². The Kier molecular flexibility index (Phi) is 3.06. The SMILES string of the molecule is O=C(Nc1ccccc1)[C@@H]1[C@H](CO)[C@H]2COC[C@H]21. The fourth-order valence-corrected chi connectivity index (χ4v) is 3.22. The van der Waals surface area contributed by atoms with Crippen LogP contribution in [-0.4, -0.2) is 30.8 Å². The van der Waals surface area contributed by atoms with E-state index in [9.17, 15) is 9.90 Å². The molecule has 1 aromatic carbocycles. The van der Waals surface area contributed by atoms with Gasteiger partial charge in [-0.25, -0.2) is 0 Å². The monoisotopic (exact) mass is 247 g/mol. The average Bonchev–Trinajstić information content (AvgIpc) is 2.75. The number of hydrogen-bond donors (Lipinski definition) is 2. The van der Waals surface area contributed by atoms with Crippen molar-refractivity contribution < 1.29 is 14.6 Å². The first-order valence-corrected chi connectivity index (χ1v) is 6.36. The molecule has 4 nitrogen and oxygen atoms in total. The summed E-state index contributed by atoms with van der Waals surface area (Å²) in [5, 5.41) is 12.3. The third-order valence-corrected chi connectivity index (χ3v) is 4.20. The summed E-state index contributed by atoms with van der Waals surface area (Å²) < 4.78 is 5.40. The largest absolute Gasteiger partial charge is 0.396 e. The van der Waals surface area contributed by atoms with Crippen LogP contribution in [0.15, 0.2) is 30.3 Å². The number of benzene rings is 1. The minimum absolute atomic E-state index is 0.00648. The van der Waals surface area contributed by atoms with Crippen molar-refractivity contribution in [2.75, 3.05) is 25.1 Å². The van der Waals surface area contributed by atoms with Crippen LogP contribution < -0.4 is 5.32 Å². The standard InChI is InChI=1S/C14H17NO3/c16-6-10-11-7-18-8-12(11)13(10)14(17)15-9-4-2-1-3-5-9/h1-5,10-13,16H,6-8H2,(H,15,17)/t10-,11-,12-,13-/m1/s1. The Balaban J connectivity index is 1.69. The van der Waals surface area contributed by atoms with Gasteiger partial charge in [0.25, 0.3) is 0 Å². The van der Waals surface area contributed by atoms with Crippen LogP contribution >= 0.6 is 0 Å². The summed E-state index contributed by atoms with van der Waals surface area (Å²) in [5.74, 6) is 0.600. The fraction of sp³-hybridized carbons (Fsp3) is 0.500. The number of anilines is 1. The first kappa shape index (κ1) is 11.7.